The fraction of sp³-hybridized carbons (Fsp3) is 0.429. The number of ether oxygens (including phenoxy) is 1. The van der Waals surface area contributed by atoms with Crippen molar-refractivity contribution in [1.82, 2.24) is 4.90 Å². The molecule has 4 rings (SSSR count). The van der Waals surface area contributed by atoms with Gasteiger partial charge in [0.15, 0.2) is 0 Å². The van der Waals surface area contributed by atoms with E-state index in [1.807, 2.05) is 12.1 Å². The van der Waals surface area contributed by atoms with Crippen LogP contribution < -0.4 is 4.74 Å². The Morgan fingerprint density at radius 1 is 1.20 bits per heavy atom. The van der Waals surface area contributed by atoms with Crippen molar-refractivity contribution in [2.45, 2.75) is 31.2 Å². The van der Waals surface area contributed by atoms with Gasteiger partial charge >= 0.3 is 0 Å². The van der Waals surface area contributed by atoms with Gasteiger partial charge in [0, 0.05) is 18.5 Å². The molecule has 134 valence electrons. The van der Waals surface area contributed by atoms with Crippen molar-refractivity contribution in [3.05, 3.63) is 65.0 Å². The van der Waals surface area contributed by atoms with Gasteiger partial charge in [-0.25, -0.2) is 4.39 Å². The quantitative estimate of drug-likeness (QED) is 0.800. The third-order valence-corrected chi connectivity index (χ3v) is 5.91. The molecule has 0 spiro atoms. The summed E-state index contributed by atoms with van der Waals surface area (Å²) in [6.07, 6.45) is 3.19. The molecule has 2 aromatic carbocycles. The van der Waals surface area contributed by atoms with Gasteiger partial charge in [0.25, 0.3) is 0 Å². The summed E-state index contributed by atoms with van der Waals surface area (Å²) in [5.41, 5.74) is 3.95. The molecule has 0 radical (unpaired) electrons. The first kappa shape index (κ1) is 18.2. The molecule has 3 atom stereocenters. The summed E-state index contributed by atoms with van der Waals surface area (Å²) in [4.78, 5) is 2.47. The van der Waals surface area contributed by atoms with Crippen LogP contribution in [0.5, 0.6) is 5.75 Å². The monoisotopic (exact) mass is 361 g/mol. The SMILES string of the molecule is COc1cccc2c1CCC1C2CN(C)C1Cc1cccc(F)c1.Cl. The van der Waals surface area contributed by atoms with Crippen LogP contribution in [-0.2, 0) is 12.8 Å². The summed E-state index contributed by atoms with van der Waals surface area (Å²) >= 11 is 0. The Hall–Kier alpha value is -1.58. The molecule has 1 aliphatic carbocycles. The molecule has 1 heterocycles. The number of hydrogen-bond donors (Lipinski definition) is 0. The Labute approximate surface area is 155 Å². The van der Waals surface area contributed by atoms with Gasteiger partial charge in [-0.05, 0) is 67.1 Å². The third-order valence-electron chi connectivity index (χ3n) is 5.91. The van der Waals surface area contributed by atoms with E-state index >= 15 is 0 Å². The highest BCUT2D eigenvalue weighted by Crippen LogP contribution is 2.47. The van der Waals surface area contributed by atoms with Crippen LogP contribution >= 0.6 is 12.4 Å². The highest BCUT2D eigenvalue weighted by atomic mass is 35.5. The van der Waals surface area contributed by atoms with Crippen LogP contribution in [0.4, 0.5) is 4.39 Å². The summed E-state index contributed by atoms with van der Waals surface area (Å²) < 4.78 is 19.1. The van der Waals surface area contributed by atoms with E-state index < -0.39 is 0 Å². The van der Waals surface area contributed by atoms with Gasteiger partial charge in [0.05, 0.1) is 7.11 Å². The topological polar surface area (TPSA) is 12.5 Å². The third kappa shape index (κ3) is 3.28. The zero-order chi connectivity index (χ0) is 16.7. The molecule has 0 amide bonds. The van der Waals surface area contributed by atoms with Crippen LogP contribution in [0, 0.1) is 11.7 Å². The van der Waals surface area contributed by atoms with Crippen LogP contribution in [0.25, 0.3) is 0 Å². The number of benzene rings is 2. The van der Waals surface area contributed by atoms with E-state index in [2.05, 4.69) is 30.1 Å². The van der Waals surface area contributed by atoms with Gasteiger partial charge in [-0.15, -0.1) is 12.4 Å². The fourth-order valence-electron chi connectivity index (χ4n) is 4.81. The van der Waals surface area contributed by atoms with Gasteiger partial charge in [-0.1, -0.05) is 24.3 Å². The molecule has 4 heteroatoms. The highest BCUT2D eigenvalue weighted by Gasteiger charge is 2.43. The Morgan fingerprint density at radius 3 is 2.76 bits per heavy atom. The molecule has 2 aliphatic rings. The molecule has 0 saturated carbocycles. The predicted molar refractivity (Wildman–Crippen MR) is 101 cm³/mol. The zero-order valence-electron chi connectivity index (χ0n) is 14.7. The molecule has 1 fully saturated rings. The molecular weight excluding hydrogens is 337 g/mol. The minimum absolute atomic E-state index is 0. The molecule has 0 N–H and O–H groups in total. The molecule has 2 aromatic rings. The molecule has 3 unspecified atom stereocenters. The van der Waals surface area contributed by atoms with E-state index in [1.54, 1.807) is 13.2 Å². The molecular formula is C21H25ClFNO. The lowest BCUT2D eigenvalue weighted by atomic mass is 9.73. The van der Waals surface area contributed by atoms with Crippen LogP contribution in [0.1, 0.15) is 29.0 Å². The number of fused-ring (bicyclic) bond motifs is 3. The Balaban J connectivity index is 0.00000182. The first-order valence-electron chi connectivity index (χ1n) is 8.78. The molecule has 0 aromatic heterocycles. The molecule has 0 bridgehead atoms. The average Bonchev–Trinajstić information content (AvgIpc) is 2.90. The first-order valence-corrected chi connectivity index (χ1v) is 8.78. The van der Waals surface area contributed by atoms with Crippen LogP contribution in [0.15, 0.2) is 42.5 Å². The maximum absolute atomic E-state index is 13.5. The fourth-order valence-corrected chi connectivity index (χ4v) is 4.81. The first-order chi connectivity index (χ1) is 11.7. The standard InChI is InChI=1S/C21H24FNO.ClH/c1-23-13-19-16-7-4-8-21(24-2)18(16)10-9-17(19)20(23)12-14-5-3-6-15(22)11-14;/h3-8,11,17,19-20H,9-10,12-13H2,1-2H3;1H. The minimum Gasteiger partial charge on any atom is -0.496 e. The molecule has 1 aliphatic heterocycles. The summed E-state index contributed by atoms with van der Waals surface area (Å²) in [6.45, 7) is 1.07. The maximum atomic E-state index is 13.5. The van der Waals surface area contributed by atoms with Gasteiger partial charge in [0.1, 0.15) is 11.6 Å². The lowest BCUT2D eigenvalue weighted by Gasteiger charge is -2.32. The molecule has 2 nitrogen and oxygen atoms in total. The number of nitrogens with zero attached hydrogens (tertiary/aromatic N) is 1. The van der Waals surface area contributed by atoms with E-state index in [0.29, 0.717) is 17.9 Å². The maximum Gasteiger partial charge on any atom is 0.123 e. The van der Waals surface area contributed by atoms with E-state index in [-0.39, 0.29) is 18.2 Å². The highest BCUT2D eigenvalue weighted by molar-refractivity contribution is 5.85. The number of halogens is 2. The van der Waals surface area contributed by atoms with Crippen molar-refractivity contribution in [2.75, 3.05) is 20.7 Å². The second-order valence-corrected chi connectivity index (χ2v) is 7.18. The predicted octanol–water partition coefficient (Wildman–Crippen LogP) is 4.46. The minimum atomic E-state index is -0.136. The Morgan fingerprint density at radius 2 is 2.00 bits per heavy atom. The van der Waals surface area contributed by atoms with Crippen molar-refractivity contribution < 1.29 is 9.13 Å². The number of likely N-dealkylation sites (tertiary alicyclic amines) is 1. The van der Waals surface area contributed by atoms with Crippen molar-refractivity contribution >= 4 is 12.4 Å². The van der Waals surface area contributed by atoms with E-state index in [1.165, 1.54) is 23.6 Å². The molecule has 1 saturated heterocycles. The zero-order valence-corrected chi connectivity index (χ0v) is 15.6. The number of hydrogen-bond acceptors (Lipinski definition) is 2. The summed E-state index contributed by atoms with van der Waals surface area (Å²) in [6, 6.07) is 14.0. The number of likely N-dealkylation sites (N-methyl/N-ethyl adjacent to an activating group) is 1. The van der Waals surface area contributed by atoms with E-state index in [9.17, 15) is 4.39 Å². The summed E-state index contributed by atoms with van der Waals surface area (Å²) in [7, 11) is 3.97. The van der Waals surface area contributed by atoms with Crippen LogP contribution in [-0.4, -0.2) is 31.6 Å². The second kappa shape index (κ2) is 7.35. The van der Waals surface area contributed by atoms with Gasteiger partial charge in [-0.3, -0.25) is 0 Å². The van der Waals surface area contributed by atoms with Crippen molar-refractivity contribution in [3.8, 4) is 5.75 Å². The van der Waals surface area contributed by atoms with E-state index in [4.69, 9.17) is 4.74 Å². The lowest BCUT2D eigenvalue weighted by molar-refractivity contribution is 0.258. The Kier molecular flexibility index (Phi) is 5.35. The van der Waals surface area contributed by atoms with Crippen molar-refractivity contribution in [1.29, 1.82) is 0 Å². The normalized spacial score (nSPS) is 25.0. The number of methoxy groups -OCH3 is 1. The van der Waals surface area contributed by atoms with Gasteiger partial charge in [0.2, 0.25) is 0 Å². The van der Waals surface area contributed by atoms with Crippen molar-refractivity contribution in [3.63, 3.8) is 0 Å². The Bertz CT molecular complexity index is 750. The largest absolute Gasteiger partial charge is 0.496 e. The molecule has 25 heavy (non-hydrogen) atoms. The van der Waals surface area contributed by atoms with Crippen LogP contribution in [0.2, 0.25) is 0 Å². The van der Waals surface area contributed by atoms with Crippen LogP contribution in [0.3, 0.4) is 0 Å². The second-order valence-electron chi connectivity index (χ2n) is 7.18. The van der Waals surface area contributed by atoms with Gasteiger partial charge in [-0.2, -0.15) is 0 Å². The average molecular weight is 362 g/mol. The smallest absolute Gasteiger partial charge is 0.123 e. The van der Waals surface area contributed by atoms with Crippen molar-refractivity contribution in [2.24, 2.45) is 5.92 Å². The van der Waals surface area contributed by atoms with E-state index in [0.717, 1.165) is 30.7 Å². The number of rotatable bonds is 3. The lowest BCUT2D eigenvalue weighted by Crippen LogP contribution is -2.32. The summed E-state index contributed by atoms with van der Waals surface area (Å²) in [5.74, 6) is 2.09. The summed E-state index contributed by atoms with van der Waals surface area (Å²) in [5, 5.41) is 0. The van der Waals surface area contributed by atoms with Gasteiger partial charge < -0.3 is 9.64 Å².